The first-order valence-corrected chi connectivity index (χ1v) is 6.39. The maximum absolute atomic E-state index is 12.3. The van der Waals surface area contributed by atoms with E-state index in [1.807, 2.05) is 19.9 Å². The number of rotatable bonds is 4. The van der Waals surface area contributed by atoms with E-state index in [4.69, 9.17) is 0 Å². The quantitative estimate of drug-likeness (QED) is 0.918. The van der Waals surface area contributed by atoms with E-state index in [2.05, 4.69) is 10.1 Å². The van der Waals surface area contributed by atoms with Gasteiger partial charge >= 0.3 is 6.61 Å². The zero-order valence-corrected chi connectivity index (χ0v) is 11.7. The van der Waals surface area contributed by atoms with E-state index < -0.39 is 6.61 Å². The summed E-state index contributed by atoms with van der Waals surface area (Å²) >= 11 is 0. The van der Waals surface area contributed by atoms with Gasteiger partial charge in [0, 0.05) is 5.56 Å². The molecular formula is C16H15F2NO2. The summed E-state index contributed by atoms with van der Waals surface area (Å²) < 4.78 is 29.0. The molecule has 0 aliphatic heterocycles. The summed E-state index contributed by atoms with van der Waals surface area (Å²) in [5, 5.41) is 2.59. The number of halogens is 2. The molecule has 0 unspecified atom stereocenters. The molecule has 0 heterocycles. The third-order valence-corrected chi connectivity index (χ3v) is 2.84. The smallest absolute Gasteiger partial charge is 0.387 e. The first-order chi connectivity index (χ1) is 9.95. The second-order valence-electron chi connectivity index (χ2n) is 4.71. The van der Waals surface area contributed by atoms with Gasteiger partial charge in [0.15, 0.2) is 0 Å². The van der Waals surface area contributed by atoms with Gasteiger partial charge in [0.2, 0.25) is 0 Å². The van der Waals surface area contributed by atoms with E-state index in [0.29, 0.717) is 5.56 Å². The van der Waals surface area contributed by atoms with E-state index in [0.717, 1.165) is 11.1 Å². The Bertz CT molecular complexity index is 636. The van der Waals surface area contributed by atoms with Crippen molar-refractivity contribution in [2.75, 3.05) is 5.32 Å². The van der Waals surface area contributed by atoms with Crippen LogP contribution in [-0.2, 0) is 0 Å². The predicted octanol–water partition coefficient (Wildman–Crippen LogP) is 4.16. The molecule has 0 saturated carbocycles. The van der Waals surface area contributed by atoms with Crippen molar-refractivity contribution in [2.24, 2.45) is 0 Å². The van der Waals surface area contributed by atoms with E-state index >= 15 is 0 Å². The number of aryl methyl sites for hydroxylation is 2. The van der Waals surface area contributed by atoms with Gasteiger partial charge in [0.1, 0.15) is 5.75 Å². The van der Waals surface area contributed by atoms with Gasteiger partial charge in [-0.15, -0.1) is 0 Å². The van der Waals surface area contributed by atoms with Crippen molar-refractivity contribution in [3.63, 3.8) is 0 Å². The molecular weight excluding hydrogens is 276 g/mol. The number of para-hydroxylation sites is 2. The number of ether oxygens (including phenoxy) is 1. The normalized spacial score (nSPS) is 10.5. The number of amides is 1. The van der Waals surface area contributed by atoms with Gasteiger partial charge in [0.25, 0.3) is 5.91 Å². The minimum Gasteiger partial charge on any atom is -0.433 e. The summed E-state index contributed by atoms with van der Waals surface area (Å²) in [6.45, 7) is 0.833. The Morgan fingerprint density at radius 3 is 2.33 bits per heavy atom. The lowest BCUT2D eigenvalue weighted by Crippen LogP contribution is -2.14. The molecule has 2 rings (SSSR count). The molecule has 0 saturated heterocycles. The standard InChI is InChI=1S/C16H15F2NO2/c1-10-7-11(2)9-12(8-10)15(20)19-13-5-3-4-6-14(13)21-16(17)18/h3-9,16H,1-2H3,(H,19,20). The van der Waals surface area contributed by atoms with Crippen LogP contribution in [0.5, 0.6) is 5.75 Å². The molecule has 3 nitrogen and oxygen atoms in total. The van der Waals surface area contributed by atoms with Crippen molar-refractivity contribution < 1.29 is 18.3 Å². The molecule has 0 fully saturated rings. The Morgan fingerprint density at radius 2 is 1.71 bits per heavy atom. The number of hydrogen-bond donors (Lipinski definition) is 1. The monoisotopic (exact) mass is 291 g/mol. The second-order valence-corrected chi connectivity index (χ2v) is 4.71. The third-order valence-electron chi connectivity index (χ3n) is 2.84. The summed E-state index contributed by atoms with van der Waals surface area (Å²) in [6.07, 6.45) is 0. The lowest BCUT2D eigenvalue weighted by molar-refractivity contribution is -0.0493. The molecule has 0 aliphatic carbocycles. The number of alkyl halides is 2. The highest BCUT2D eigenvalue weighted by Gasteiger charge is 2.13. The zero-order valence-electron chi connectivity index (χ0n) is 11.7. The van der Waals surface area contributed by atoms with E-state index in [1.165, 1.54) is 12.1 Å². The van der Waals surface area contributed by atoms with E-state index in [-0.39, 0.29) is 17.3 Å². The SMILES string of the molecule is Cc1cc(C)cc(C(=O)Nc2ccccc2OC(F)F)c1. The molecule has 1 N–H and O–H groups in total. The maximum Gasteiger partial charge on any atom is 0.387 e. The highest BCUT2D eigenvalue weighted by atomic mass is 19.3. The van der Waals surface area contributed by atoms with Gasteiger partial charge in [-0.05, 0) is 38.1 Å². The third kappa shape index (κ3) is 4.02. The van der Waals surface area contributed by atoms with Crippen LogP contribution in [0.25, 0.3) is 0 Å². The molecule has 0 spiro atoms. The van der Waals surface area contributed by atoms with Crippen LogP contribution in [0.4, 0.5) is 14.5 Å². The summed E-state index contributed by atoms with van der Waals surface area (Å²) in [5.74, 6) is -0.433. The molecule has 2 aromatic carbocycles. The summed E-state index contributed by atoms with van der Waals surface area (Å²) in [5.41, 5.74) is 2.59. The summed E-state index contributed by atoms with van der Waals surface area (Å²) in [6, 6.07) is 11.5. The lowest BCUT2D eigenvalue weighted by Gasteiger charge is -2.12. The van der Waals surface area contributed by atoms with Crippen LogP contribution in [0, 0.1) is 13.8 Å². The summed E-state index contributed by atoms with van der Waals surface area (Å²) in [4.78, 5) is 12.2. The molecule has 0 aliphatic rings. The van der Waals surface area contributed by atoms with Crippen LogP contribution in [-0.4, -0.2) is 12.5 Å². The van der Waals surface area contributed by atoms with Gasteiger partial charge in [-0.25, -0.2) is 0 Å². The number of anilines is 1. The fourth-order valence-electron chi connectivity index (χ4n) is 2.07. The molecule has 110 valence electrons. The van der Waals surface area contributed by atoms with Crippen molar-refractivity contribution in [2.45, 2.75) is 20.5 Å². The zero-order chi connectivity index (χ0) is 15.4. The average Bonchev–Trinajstić information content (AvgIpc) is 2.39. The van der Waals surface area contributed by atoms with Crippen molar-refractivity contribution in [1.82, 2.24) is 0 Å². The van der Waals surface area contributed by atoms with Crippen molar-refractivity contribution in [1.29, 1.82) is 0 Å². The van der Waals surface area contributed by atoms with Crippen LogP contribution >= 0.6 is 0 Å². The Hall–Kier alpha value is -2.43. The van der Waals surface area contributed by atoms with Crippen LogP contribution in [0.3, 0.4) is 0 Å². The Morgan fingerprint density at radius 1 is 1.10 bits per heavy atom. The van der Waals surface area contributed by atoms with Crippen LogP contribution in [0.2, 0.25) is 0 Å². The number of nitrogens with one attached hydrogen (secondary N) is 1. The molecule has 21 heavy (non-hydrogen) atoms. The van der Waals surface area contributed by atoms with E-state index in [1.54, 1.807) is 24.3 Å². The first kappa shape index (κ1) is 15.0. The van der Waals surface area contributed by atoms with Gasteiger partial charge in [-0.1, -0.05) is 29.3 Å². The molecule has 5 heteroatoms. The fraction of sp³-hybridized carbons (Fsp3) is 0.188. The van der Waals surface area contributed by atoms with Crippen molar-refractivity contribution >= 4 is 11.6 Å². The van der Waals surface area contributed by atoms with Gasteiger partial charge in [0.05, 0.1) is 5.69 Å². The number of hydrogen-bond acceptors (Lipinski definition) is 2. The van der Waals surface area contributed by atoms with Crippen LogP contribution in [0.1, 0.15) is 21.5 Å². The highest BCUT2D eigenvalue weighted by Crippen LogP contribution is 2.26. The Labute approximate surface area is 121 Å². The Balaban J connectivity index is 2.23. The molecule has 0 atom stereocenters. The average molecular weight is 291 g/mol. The topological polar surface area (TPSA) is 38.3 Å². The van der Waals surface area contributed by atoms with Gasteiger partial charge in [-0.2, -0.15) is 8.78 Å². The van der Waals surface area contributed by atoms with E-state index in [9.17, 15) is 13.6 Å². The molecule has 0 radical (unpaired) electrons. The van der Waals surface area contributed by atoms with Crippen LogP contribution in [0.15, 0.2) is 42.5 Å². The minimum absolute atomic E-state index is 0.0646. The summed E-state index contributed by atoms with van der Waals surface area (Å²) in [7, 11) is 0. The van der Waals surface area contributed by atoms with Gasteiger partial charge < -0.3 is 10.1 Å². The minimum atomic E-state index is -2.94. The number of carbonyl (C=O) groups is 1. The number of benzene rings is 2. The largest absolute Gasteiger partial charge is 0.433 e. The molecule has 0 aromatic heterocycles. The highest BCUT2D eigenvalue weighted by molar-refractivity contribution is 6.05. The predicted molar refractivity (Wildman–Crippen MR) is 76.9 cm³/mol. The van der Waals surface area contributed by atoms with Crippen molar-refractivity contribution in [3.8, 4) is 5.75 Å². The van der Waals surface area contributed by atoms with Gasteiger partial charge in [-0.3, -0.25) is 4.79 Å². The van der Waals surface area contributed by atoms with Crippen molar-refractivity contribution in [3.05, 3.63) is 59.2 Å². The molecule has 1 amide bonds. The molecule has 2 aromatic rings. The second kappa shape index (κ2) is 6.35. The maximum atomic E-state index is 12.3. The fourth-order valence-corrected chi connectivity index (χ4v) is 2.07. The first-order valence-electron chi connectivity index (χ1n) is 6.39. The lowest BCUT2D eigenvalue weighted by atomic mass is 10.1. The molecule has 0 bridgehead atoms. The number of carbonyl (C=O) groups excluding carboxylic acids is 1. The van der Waals surface area contributed by atoms with Crippen LogP contribution < -0.4 is 10.1 Å². The Kier molecular flexibility index (Phi) is 4.52.